The number of thiazole rings is 1. The van der Waals surface area contributed by atoms with Gasteiger partial charge in [0.1, 0.15) is 10.7 Å². The zero-order valence-corrected chi connectivity index (χ0v) is 12.5. The predicted molar refractivity (Wildman–Crippen MR) is 75.6 cm³/mol. The highest BCUT2D eigenvalue weighted by Crippen LogP contribution is 2.33. The molecular formula is C14H12F4N2OS. The number of halogens is 4. The molecule has 0 saturated heterocycles. The van der Waals surface area contributed by atoms with Gasteiger partial charge >= 0.3 is 6.18 Å². The van der Waals surface area contributed by atoms with Gasteiger partial charge in [-0.2, -0.15) is 13.2 Å². The molecule has 0 spiro atoms. The first-order valence-corrected chi connectivity index (χ1v) is 7.14. The van der Waals surface area contributed by atoms with Crippen molar-refractivity contribution in [1.82, 2.24) is 4.98 Å². The first-order valence-electron chi connectivity index (χ1n) is 6.32. The van der Waals surface area contributed by atoms with Crippen LogP contribution < -0.4 is 5.32 Å². The summed E-state index contributed by atoms with van der Waals surface area (Å²) in [6, 6.07) is 2.31. The Balaban J connectivity index is 2.21. The first kappa shape index (κ1) is 16.4. The topological polar surface area (TPSA) is 42.0 Å². The number of anilines is 1. The van der Waals surface area contributed by atoms with Gasteiger partial charge in [0.25, 0.3) is 5.91 Å². The number of benzene rings is 1. The van der Waals surface area contributed by atoms with Crippen molar-refractivity contribution in [3.05, 3.63) is 45.7 Å². The van der Waals surface area contributed by atoms with Crippen LogP contribution in [0, 0.1) is 5.82 Å². The van der Waals surface area contributed by atoms with Gasteiger partial charge in [-0.3, -0.25) is 4.79 Å². The number of hydrogen-bond donors (Lipinski definition) is 1. The molecule has 0 radical (unpaired) electrons. The van der Waals surface area contributed by atoms with Crippen LogP contribution in [0.25, 0.3) is 0 Å². The third-order valence-corrected chi connectivity index (χ3v) is 4.07. The molecule has 118 valence electrons. The minimum atomic E-state index is -4.82. The second-order valence-corrected chi connectivity index (χ2v) is 5.93. The molecular weight excluding hydrogens is 320 g/mol. The number of carbonyl (C=O) groups is 1. The number of nitrogens with one attached hydrogen (secondary N) is 1. The fraction of sp³-hybridized carbons (Fsp3) is 0.286. The molecule has 0 bridgehead atoms. The molecule has 1 aromatic heterocycles. The molecule has 2 rings (SSSR count). The van der Waals surface area contributed by atoms with E-state index < -0.39 is 23.5 Å². The van der Waals surface area contributed by atoms with Crippen LogP contribution in [-0.2, 0) is 6.18 Å². The summed E-state index contributed by atoms with van der Waals surface area (Å²) in [5.41, 5.74) is -1.55. The van der Waals surface area contributed by atoms with Crippen molar-refractivity contribution in [2.75, 3.05) is 5.32 Å². The zero-order valence-electron chi connectivity index (χ0n) is 11.7. The molecule has 1 aromatic carbocycles. The molecule has 0 saturated carbocycles. The molecule has 1 heterocycles. The number of carbonyl (C=O) groups excluding carboxylic acids is 1. The summed E-state index contributed by atoms with van der Waals surface area (Å²) in [7, 11) is 0. The van der Waals surface area contributed by atoms with E-state index in [1.165, 1.54) is 6.20 Å². The van der Waals surface area contributed by atoms with Crippen LogP contribution in [0.4, 0.5) is 23.2 Å². The molecule has 0 aliphatic rings. The summed E-state index contributed by atoms with van der Waals surface area (Å²) in [6.45, 7) is 3.83. The monoisotopic (exact) mass is 332 g/mol. The molecule has 0 unspecified atom stereocenters. The Morgan fingerprint density at radius 2 is 2.00 bits per heavy atom. The van der Waals surface area contributed by atoms with Crippen LogP contribution in [-0.4, -0.2) is 10.9 Å². The number of nitrogens with zero attached hydrogens (tertiary/aromatic N) is 1. The van der Waals surface area contributed by atoms with E-state index in [1.54, 1.807) is 0 Å². The third-order valence-electron chi connectivity index (χ3n) is 2.77. The van der Waals surface area contributed by atoms with E-state index in [4.69, 9.17) is 0 Å². The number of hydrogen-bond acceptors (Lipinski definition) is 3. The fourth-order valence-corrected chi connectivity index (χ4v) is 2.49. The SMILES string of the molecule is CC(C)c1ncc(C(=O)Nc2ccc(F)c(C(F)(F)F)c2)s1. The van der Waals surface area contributed by atoms with E-state index in [2.05, 4.69) is 10.3 Å². The van der Waals surface area contributed by atoms with E-state index >= 15 is 0 Å². The van der Waals surface area contributed by atoms with Crippen LogP contribution in [0.3, 0.4) is 0 Å². The number of aromatic nitrogens is 1. The van der Waals surface area contributed by atoms with Gasteiger partial charge in [-0.25, -0.2) is 9.37 Å². The van der Waals surface area contributed by atoms with E-state index in [-0.39, 0.29) is 16.5 Å². The lowest BCUT2D eigenvalue weighted by atomic mass is 10.2. The number of amides is 1. The van der Waals surface area contributed by atoms with Crippen LogP contribution >= 0.6 is 11.3 Å². The van der Waals surface area contributed by atoms with Crippen molar-refractivity contribution in [2.45, 2.75) is 25.9 Å². The van der Waals surface area contributed by atoms with Gasteiger partial charge in [-0.15, -0.1) is 11.3 Å². The summed E-state index contributed by atoms with van der Waals surface area (Å²) >= 11 is 1.16. The molecule has 0 aliphatic carbocycles. The first-order chi connectivity index (χ1) is 10.2. The lowest BCUT2D eigenvalue weighted by molar-refractivity contribution is -0.139. The highest BCUT2D eigenvalue weighted by atomic mass is 32.1. The average Bonchev–Trinajstić information content (AvgIpc) is 2.89. The van der Waals surface area contributed by atoms with Crippen molar-refractivity contribution in [3.8, 4) is 0 Å². The van der Waals surface area contributed by atoms with Crippen molar-refractivity contribution in [3.63, 3.8) is 0 Å². The van der Waals surface area contributed by atoms with E-state index in [0.29, 0.717) is 12.1 Å². The maximum atomic E-state index is 13.2. The Hall–Kier alpha value is -1.96. The fourth-order valence-electron chi connectivity index (χ4n) is 1.67. The van der Waals surface area contributed by atoms with E-state index in [9.17, 15) is 22.4 Å². The lowest BCUT2D eigenvalue weighted by Gasteiger charge is -2.10. The Labute approximate surface area is 128 Å². The Morgan fingerprint density at radius 3 is 2.55 bits per heavy atom. The van der Waals surface area contributed by atoms with Gasteiger partial charge in [0.05, 0.1) is 16.8 Å². The van der Waals surface area contributed by atoms with Crippen LogP contribution in [0.2, 0.25) is 0 Å². The quantitative estimate of drug-likeness (QED) is 0.830. The second-order valence-electron chi connectivity index (χ2n) is 4.86. The van der Waals surface area contributed by atoms with Crippen molar-refractivity contribution in [2.24, 2.45) is 0 Å². The van der Waals surface area contributed by atoms with Crippen LogP contribution in [0.15, 0.2) is 24.4 Å². The van der Waals surface area contributed by atoms with Crippen molar-refractivity contribution in [1.29, 1.82) is 0 Å². The predicted octanol–water partition coefficient (Wildman–Crippen LogP) is 4.68. The van der Waals surface area contributed by atoms with E-state index in [1.807, 2.05) is 13.8 Å². The van der Waals surface area contributed by atoms with Gasteiger partial charge in [0, 0.05) is 11.6 Å². The number of rotatable bonds is 3. The van der Waals surface area contributed by atoms with Crippen molar-refractivity contribution >= 4 is 22.9 Å². The highest BCUT2D eigenvalue weighted by molar-refractivity contribution is 7.13. The Bertz CT molecular complexity index is 694. The molecule has 0 aliphatic heterocycles. The maximum Gasteiger partial charge on any atom is 0.419 e. The molecule has 22 heavy (non-hydrogen) atoms. The van der Waals surface area contributed by atoms with Gasteiger partial charge in [0.2, 0.25) is 0 Å². The lowest BCUT2D eigenvalue weighted by Crippen LogP contribution is -2.13. The summed E-state index contributed by atoms with van der Waals surface area (Å²) < 4.78 is 51.0. The second kappa shape index (κ2) is 6.04. The van der Waals surface area contributed by atoms with Gasteiger partial charge in [-0.1, -0.05) is 13.8 Å². The molecule has 2 aromatic rings. The van der Waals surface area contributed by atoms with Crippen LogP contribution in [0.1, 0.15) is 40.0 Å². The highest BCUT2D eigenvalue weighted by Gasteiger charge is 2.34. The molecule has 1 N–H and O–H groups in total. The Morgan fingerprint density at radius 1 is 1.32 bits per heavy atom. The summed E-state index contributed by atoms with van der Waals surface area (Å²) in [6.07, 6.45) is -3.45. The third kappa shape index (κ3) is 3.62. The molecule has 3 nitrogen and oxygen atoms in total. The molecule has 1 amide bonds. The largest absolute Gasteiger partial charge is 0.419 e. The van der Waals surface area contributed by atoms with Gasteiger partial charge < -0.3 is 5.32 Å². The Kier molecular flexibility index (Phi) is 4.50. The minimum absolute atomic E-state index is 0.127. The van der Waals surface area contributed by atoms with Crippen molar-refractivity contribution < 1.29 is 22.4 Å². The number of alkyl halides is 3. The normalized spacial score (nSPS) is 11.8. The minimum Gasteiger partial charge on any atom is -0.321 e. The zero-order chi connectivity index (χ0) is 16.5. The standard InChI is InChI=1S/C14H12F4N2OS/c1-7(2)13-19-6-11(22-13)12(21)20-8-3-4-10(15)9(5-8)14(16,17)18/h3-7H,1-2H3,(H,20,21). The summed E-state index contributed by atoms with van der Waals surface area (Å²) in [5.74, 6) is -1.82. The van der Waals surface area contributed by atoms with Crippen LogP contribution in [0.5, 0.6) is 0 Å². The maximum absolute atomic E-state index is 13.2. The van der Waals surface area contributed by atoms with Gasteiger partial charge in [-0.05, 0) is 18.2 Å². The molecule has 8 heteroatoms. The average molecular weight is 332 g/mol. The van der Waals surface area contributed by atoms with E-state index in [0.717, 1.165) is 22.4 Å². The summed E-state index contributed by atoms with van der Waals surface area (Å²) in [4.78, 5) is 16.3. The molecule has 0 atom stereocenters. The smallest absolute Gasteiger partial charge is 0.321 e. The summed E-state index contributed by atoms with van der Waals surface area (Å²) in [5, 5.41) is 3.07. The van der Waals surface area contributed by atoms with Gasteiger partial charge in [0.15, 0.2) is 0 Å². The molecule has 0 fully saturated rings.